The highest BCUT2D eigenvalue weighted by atomic mass is 32.2. The number of aryl methyl sites for hydroxylation is 1. The van der Waals surface area contributed by atoms with Gasteiger partial charge in [0.2, 0.25) is 5.82 Å². The molecule has 0 saturated carbocycles. The number of thiazole rings is 1. The van der Waals surface area contributed by atoms with Gasteiger partial charge < -0.3 is 9.88 Å². The molecule has 112 valence electrons. The predicted molar refractivity (Wildman–Crippen MR) is 87.7 cm³/mol. The van der Waals surface area contributed by atoms with Crippen LogP contribution >= 0.6 is 23.1 Å². The van der Waals surface area contributed by atoms with Gasteiger partial charge in [0.1, 0.15) is 5.82 Å². The molecule has 6 nitrogen and oxygen atoms in total. The first kappa shape index (κ1) is 13.7. The topological polar surface area (TPSA) is 72.7 Å². The fourth-order valence-electron chi connectivity index (χ4n) is 2.57. The Kier molecular flexibility index (Phi) is 3.34. The summed E-state index contributed by atoms with van der Waals surface area (Å²) in [5.74, 6) is 1.07. The Labute approximate surface area is 135 Å². The van der Waals surface area contributed by atoms with Crippen LogP contribution in [0.2, 0.25) is 0 Å². The van der Waals surface area contributed by atoms with Crippen molar-refractivity contribution in [1.29, 1.82) is 0 Å². The van der Waals surface area contributed by atoms with Crippen LogP contribution in [0.5, 0.6) is 0 Å². The summed E-state index contributed by atoms with van der Waals surface area (Å²) in [6, 6.07) is 5.74. The molecule has 0 radical (unpaired) electrons. The van der Waals surface area contributed by atoms with E-state index in [9.17, 15) is 4.79 Å². The highest BCUT2D eigenvalue weighted by molar-refractivity contribution is 8.00. The first-order chi connectivity index (χ1) is 10.7. The number of nitrogens with zero attached hydrogens (tertiary/aromatic N) is 4. The van der Waals surface area contributed by atoms with Crippen LogP contribution in [0.25, 0.3) is 10.2 Å². The van der Waals surface area contributed by atoms with Gasteiger partial charge in [-0.25, -0.2) is 4.98 Å². The number of carbonyl (C=O) groups excluding carboxylic acids is 1. The minimum Gasteiger partial charge on any atom is -0.319 e. The van der Waals surface area contributed by atoms with Crippen LogP contribution in [0, 0.1) is 0 Å². The molecule has 1 aromatic carbocycles. The van der Waals surface area contributed by atoms with E-state index in [2.05, 4.69) is 20.5 Å². The number of benzene rings is 1. The maximum absolute atomic E-state index is 12.4. The van der Waals surface area contributed by atoms with Crippen molar-refractivity contribution in [2.45, 2.75) is 23.7 Å². The van der Waals surface area contributed by atoms with Gasteiger partial charge in [0.15, 0.2) is 4.34 Å². The Morgan fingerprint density at radius 1 is 1.41 bits per heavy atom. The largest absolute Gasteiger partial charge is 0.319 e. The zero-order valence-corrected chi connectivity index (χ0v) is 13.5. The fraction of sp³-hybridized carbons (Fsp3) is 0.286. The number of hydrogen-bond donors (Lipinski definition) is 1. The number of anilines is 1. The summed E-state index contributed by atoms with van der Waals surface area (Å²) in [5, 5.41) is 11.0. The predicted octanol–water partition coefficient (Wildman–Crippen LogP) is 2.81. The molecule has 0 fully saturated rings. The second kappa shape index (κ2) is 5.36. The van der Waals surface area contributed by atoms with Gasteiger partial charge in [-0.2, -0.15) is 0 Å². The van der Waals surface area contributed by atoms with E-state index in [4.69, 9.17) is 0 Å². The van der Waals surface area contributed by atoms with Crippen molar-refractivity contribution in [3.05, 3.63) is 29.8 Å². The minimum atomic E-state index is -0.213. The van der Waals surface area contributed by atoms with Gasteiger partial charge in [-0.15, -0.1) is 21.5 Å². The average Bonchev–Trinajstić information content (AvgIpc) is 3.20. The Morgan fingerprint density at radius 3 is 3.18 bits per heavy atom. The summed E-state index contributed by atoms with van der Waals surface area (Å²) >= 11 is 3.25. The van der Waals surface area contributed by atoms with Crippen LogP contribution in [0.1, 0.15) is 22.9 Å². The van der Waals surface area contributed by atoms with Crippen molar-refractivity contribution in [2.75, 3.05) is 11.6 Å². The van der Waals surface area contributed by atoms with Crippen LogP contribution in [0.15, 0.2) is 22.5 Å². The molecule has 8 heteroatoms. The summed E-state index contributed by atoms with van der Waals surface area (Å²) in [7, 11) is 0. The molecule has 0 spiro atoms. The molecule has 4 rings (SSSR count). The zero-order valence-electron chi connectivity index (χ0n) is 11.9. The average molecular weight is 331 g/mol. The summed E-state index contributed by atoms with van der Waals surface area (Å²) in [6.07, 6.45) is 3.92. The Morgan fingerprint density at radius 2 is 2.32 bits per heavy atom. The van der Waals surface area contributed by atoms with Crippen molar-refractivity contribution >= 4 is 44.9 Å². The maximum atomic E-state index is 12.4. The quantitative estimate of drug-likeness (QED) is 0.747. The molecule has 3 heterocycles. The fourth-order valence-corrected chi connectivity index (χ4v) is 4.10. The van der Waals surface area contributed by atoms with E-state index >= 15 is 0 Å². The van der Waals surface area contributed by atoms with Crippen molar-refractivity contribution in [3.8, 4) is 0 Å². The molecular weight excluding hydrogens is 318 g/mol. The summed E-state index contributed by atoms with van der Waals surface area (Å²) in [6.45, 7) is 0.816. The lowest BCUT2D eigenvalue weighted by atomic mass is 10.3. The van der Waals surface area contributed by atoms with Gasteiger partial charge in [0, 0.05) is 18.7 Å². The minimum absolute atomic E-state index is 0.213. The van der Waals surface area contributed by atoms with E-state index < -0.39 is 0 Å². The van der Waals surface area contributed by atoms with Gasteiger partial charge in [0.25, 0.3) is 5.91 Å². The summed E-state index contributed by atoms with van der Waals surface area (Å²) in [5.41, 5.74) is 1.71. The zero-order chi connectivity index (χ0) is 15.1. The number of amides is 1. The Bertz CT molecular complexity index is 869. The Hall–Kier alpha value is -1.93. The van der Waals surface area contributed by atoms with Crippen LogP contribution in [0.4, 0.5) is 5.69 Å². The van der Waals surface area contributed by atoms with Gasteiger partial charge in [-0.3, -0.25) is 4.79 Å². The molecule has 0 aliphatic carbocycles. The normalized spacial score (nSPS) is 13.5. The third kappa shape index (κ3) is 2.28. The van der Waals surface area contributed by atoms with Gasteiger partial charge in [0.05, 0.1) is 10.2 Å². The van der Waals surface area contributed by atoms with E-state index in [1.807, 2.05) is 29.0 Å². The molecule has 1 aliphatic heterocycles. The maximum Gasteiger partial charge on any atom is 0.293 e. The molecule has 2 aromatic heterocycles. The molecule has 3 aromatic rings. The Balaban J connectivity index is 1.61. The molecule has 1 aliphatic rings. The lowest BCUT2D eigenvalue weighted by Crippen LogP contribution is -2.17. The lowest BCUT2D eigenvalue weighted by molar-refractivity contribution is 0.101. The second-order valence-electron chi connectivity index (χ2n) is 5.02. The third-order valence-electron chi connectivity index (χ3n) is 3.61. The summed E-state index contributed by atoms with van der Waals surface area (Å²) in [4.78, 5) is 16.9. The first-order valence-electron chi connectivity index (χ1n) is 6.92. The third-order valence-corrected chi connectivity index (χ3v) is 5.62. The number of aromatic nitrogens is 4. The van der Waals surface area contributed by atoms with E-state index in [1.165, 1.54) is 0 Å². The second-order valence-corrected chi connectivity index (χ2v) is 7.10. The van der Waals surface area contributed by atoms with E-state index in [1.54, 1.807) is 23.1 Å². The van der Waals surface area contributed by atoms with Crippen molar-refractivity contribution < 1.29 is 4.79 Å². The molecule has 0 unspecified atom stereocenters. The molecule has 1 N–H and O–H groups in total. The SMILES string of the molecule is CSc1nc2ccc(NC(=O)c3nnc4n3CCC4)cc2s1. The highest BCUT2D eigenvalue weighted by Crippen LogP contribution is 2.30. The highest BCUT2D eigenvalue weighted by Gasteiger charge is 2.22. The number of carbonyl (C=O) groups is 1. The van der Waals surface area contributed by atoms with Crippen molar-refractivity contribution in [1.82, 2.24) is 19.7 Å². The monoisotopic (exact) mass is 331 g/mol. The van der Waals surface area contributed by atoms with Crippen LogP contribution in [0.3, 0.4) is 0 Å². The van der Waals surface area contributed by atoms with Gasteiger partial charge in [-0.05, 0) is 30.9 Å². The molecule has 1 amide bonds. The molecule has 22 heavy (non-hydrogen) atoms. The van der Waals surface area contributed by atoms with Crippen molar-refractivity contribution in [3.63, 3.8) is 0 Å². The molecular formula is C14H13N5OS2. The summed E-state index contributed by atoms with van der Waals surface area (Å²) < 4.78 is 3.98. The number of fused-ring (bicyclic) bond motifs is 2. The first-order valence-corrected chi connectivity index (χ1v) is 8.97. The van der Waals surface area contributed by atoms with E-state index in [-0.39, 0.29) is 5.91 Å². The number of thioether (sulfide) groups is 1. The van der Waals surface area contributed by atoms with Crippen molar-refractivity contribution in [2.24, 2.45) is 0 Å². The van der Waals surface area contributed by atoms with Crippen LogP contribution in [-0.2, 0) is 13.0 Å². The molecule has 0 atom stereocenters. The smallest absolute Gasteiger partial charge is 0.293 e. The van der Waals surface area contributed by atoms with E-state index in [0.29, 0.717) is 5.82 Å². The number of hydrogen-bond acceptors (Lipinski definition) is 6. The number of nitrogens with one attached hydrogen (secondary N) is 1. The van der Waals surface area contributed by atoms with E-state index in [0.717, 1.165) is 45.5 Å². The molecule has 0 bridgehead atoms. The lowest BCUT2D eigenvalue weighted by Gasteiger charge is -2.05. The number of rotatable bonds is 3. The van der Waals surface area contributed by atoms with Crippen LogP contribution < -0.4 is 5.32 Å². The standard InChI is InChI=1S/C14H13N5OS2/c1-21-14-16-9-5-4-8(7-10(9)22-14)15-13(20)12-18-17-11-3-2-6-19(11)12/h4-5,7H,2-3,6H2,1H3,(H,15,20). The van der Waals surface area contributed by atoms with Gasteiger partial charge in [-0.1, -0.05) is 11.8 Å². The molecule has 0 saturated heterocycles. The van der Waals surface area contributed by atoms with Crippen LogP contribution in [-0.4, -0.2) is 31.9 Å². The van der Waals surface area contributed by atoms with Gasteiger partial charge >= 0.3 is 0 Å².